The smallest absolute Gasteiger partial charge is 0.338 e. The summed E-state index contributed by atoms with van der Waals surface area (Å²) in [6, 6.07) is 0. The van der Waals surface area contributed by atoms with E-state index in [1.54, 1.807) is 0 Å². The highest BCUT2D eigenvalue weighted by Gasteiger charge is 2.55. The highest BCUT2D eigenvalue weighted by atomic mass is 16.8. The van der Waals surface area contributed by atoms with Crippen molar-refractivity contribution in [3.05, 3.63) is 0 Å². The number of methoxy groups -OCH3 is 1. The monoisotopic (exact) mass is 264 g/mol. The van der Waals surface area contributed by atoms with E-state index >= 15 is 0 Å². The predicted octanol–water partition coefficient (Wildman–Crippen LogP) is -1.47. The molecular formula is C10H16O8. The highest BCUT2D eigenvalue weighted by Crippen LogP contribution is 2.29. The number of carbonyl (C=O) groups excluding carboxylic acids is 2. The van der Waals surface area contributed by atoms with Crippen molar-refractivity contribution in [3.8, 4) is 0 Å². The van der Waals surface area contributed by atoms with Crippen molar-refractivity contribution in [2.45, 2.75) is 37.9 Å². The van der Waals surface area contributed by atoms with Crippen LogP contribution < -0.4 is 0 Å². The van der Waals surface area contributed by atoms with Gasteiger partial charge in [0.15, 0.2) is 12.2 Å². The van der Waals surface area contributed by atoms with Crippen LogP contribution >= 0.6 is 0 Å². The highest BCUT2D eigenvalue weighted by molar-refractivity contribution is 5.76. The van der Waals surface area contributed by atoms with Gasteiger partial charge in [-0.3, -0.25) is 4.79 Å². The minimum absolute atomic E-state index is 0.291. The number of aliphatic hydroxyl groups is 2. The van der Waals surface area contributed by atoms with Crippen LogP contribution in [0.3, 0.4) is 0 Å². The molecule has 104 valence electrons. The molecule has 0 bridgehead atoms. The summed E-state index contributed by atoms with van der Waals surface area (Å²) in [4.78, 5) is 22.4. The lowest BCUT2D eigenvalue weighted by Gasteiger charge is -2.35. The number of hydrogen-bond acceptors (Lipinski definition) is 8. The quantitative estimate of drug-likeness (QED) is 0.468. The first-order chi connectivity index (χ1) is 8.32. The molecule has 0 spiro atoms. The first kappa shape index (κ1) is 14.8. The summed E-state index contributed by atoms with van der Waals surface area (Å²) >= 11 is 0. The first-order valence-electron chi connectivity index (χ1n) is 5.24. The lowest BCUT2D eigenvalue weighted by atomic mass is 9.99. The Morgan fingerprint density at radius 3 is 2.50 bits per heavy atom. The fourth-order valence-corrected chi connectivity index (χ4v) is 1.62. The minimum Gasteiger partial charge on any atom is -0.467 e. The van der Waals surface area contributed by atoms with Gasteiger partial charge in [0.2, 0.25) is 0 Å². The van der Waals surface area contributed by atoms with Crippen LogP contribution in [-0.2, 0) is 28.5 Å². The molecule has 0 aromatic rings. The summed E-state index contributed by atoms with van der Waals surface area (Å²) in [5.74, 6) is -4.03. The first-order valence-corrected chi connectivity index (χ1v) is 5.24. The van der Waals surface area contributed by atoms with Crippen LogP contribution in [0, 0.1) is 0 Å². The van der Waals surface area contributed by atoms with Crippen LogP contribution in [0.15, 0.2) is 0 Å². The van der Waals surface area contributed by atoms with E-state index in [1.807, 2.05) is 0 Å². The number of carbonyl (C=O) groups is 2. The Kier molecular flexibility index (Phi) is 4.63. The van der Waals surface area contributed by atoms with Gasteiger partial charge >= 0.3 is 11.9 Å². The molecule has 8 nitrogen and oxygen atoms in total. The molecule has 18 heavy (non-hydrogen) atoms. The van der Waals surface area contributed by atoms with E-state index in [1.165, 1.54) is 6.92 Å². The van der Waals surface area contributed by atoms with E-state index in [0.717, 1.165) is 14.0 Å². The van der Waals surface area contributed by atoms with Gasteiger partial charge in [-0.05, 0) is 6.92 Å². The Balaban J connectivity index is 2.97. The van der Waals surface area contributed by atoms with Crippen LogP contribution in [0.4, 0.5) is 0 Å². The minimum atomic E-state index is -2.39. The van der Waals surface area contributed by atoms with Gasteiger partial charge < -0.3 is 29.2 Å². The molecule has 1 heterocycles. The molecule has 0 saturated carbocycles. The summed E-state index contributed by atoms with van der Waals surface area (Å²) in [6.07, 6.45) is -4.14. The van der Waals surface area contributed by atoms with E-state index in [-0.39, 0.29) is 6.79 Å². The second-order valence-electron chi connectivity index (χ2n) is 3.84. The van der Waals surface area contributed by atoms with Gasteiger partial charge in [0.05, 0.1) is 7.11 Å². The molecule has 1 fully saturated rings. The third-order valence-electron chi connectivity index (χ3n) is 2.52. The van der Waals surface area contributed by atoms with Crippen LogP contribution in [0.1, 0.15) is 13.8 Å². The molecule has 0 aromatic heterocycles. The Morgan fingerprint density at radius 1 is 1.44 bits per heavy atom. The fraction of sp³-hybridized carbons (Fsp3) is 0.800. The normalized spacial score (nSPS) is 28.3. The molecule has 0 amide bonds. The van der Waals surface area contributed by atoms with E-state index in [4.69, 9.17) is 9.47 Å². The standard InChI is InChI=1S/C10H16O8/c1-5(11)10(14,18-6(2)12)8-7(9(13)15-3)16-4-17-8/h5,7-8,11,14H,4H2,1-3H3. The Bertz CT molecular complexity index is 328. The van der Waals surface area contributed by atoms with Gasteiger partial charge in [-0.15, -0.1) is 0 Å². The average Bonchev–Trinajstić information content (AvgIpc) is 2.75. The van der Waals surface area contributed by atoms with Gasteiger partial charge in [0.1, 0.15) is 12.9 Å². The maximum atomic E-state index is 11.4. The lowest BCUT2D eigenvalue weighted by Crippen LogP contribution is -2.59. The zero-order chi connectivity index (χ0) is 13.9. The average molecular weight is 264 g/mol. The SMILES string of the molecule is COC(=O)C1OCOC1C(O)(OC(C)=O)C(C)O. The van der Waals surface area contributed by atoms with Crippen LogP contribution in [0.25, 0.3) is 0 Å². The van der Waals surface area contributed by atoms with E-state index < -0.39 is 36.0 Å². The van der Waals surface area contributed by atoms with Crippen molar-refractivity contribution >= 4 is 11.9 Å². The molecule has 1 rings (SSSR count). The van der Waals surface area contributed by atoms with Gasteiger partial charge in [-0.25, -0.2) is 4.79 Å². The van der Waals surface area contributed by atoms with Gasteiger partial charge in [-0.2, -0.15) is 0 Å². The second-order valence-corrected chi connectivity index (χ2v) is 3.84. The van der Waals surface area contributed by atoms with E-state index in [2.05, 4.69) is 9.47 Å². The summed E-state index contributed by atoms with van der Waals surface area (Å²) in [5.41, 5.74) is 0. The maximum absolute atomic E-state index is 11.4. The van der Waals surface area contributed by atoms with E-state index in [0.29, 0.717) is 0 Å². The number of rotatable bonds is 4. The molecule has 1 saturated heterocycles. The molecule has 0 aliphatic carbocycles. The van der Waals surface area contributed by atoms with Crippen molar-refractivity contribution in [1.82, 2.24) is 0 Å². The van der Waals surface area contributed by atoms with Crippen molar-refractivity contribution in [3.63, 3.8) is 0 Å². The predicted molar refractivity (Wildman–Crippen MR) is 55.0 cm³/mol. The van der Waals surface area contributed by atoms with Gasteiger partial charge in [0.25, 0.3) is 5.79 Å². The number of esters is 2. The molecule has 2 N–H and O–H groups in total. The number of hydrogen-bond donors (Lipinski definition) is 2. The topological polar surface area (TPSA) is 112 Å². The Labute approximate surface area is 103 Å². The van der Waals surface area contributed by atoms with Crippen LogP contribution in [-0.4, -0.2) is 60.2 Å². The lowest BCUT2D eigenvalue weighted by molar-refractivity contribution is -0.284. The second kappa shape index (κ2) is 5.61. The summed E-state index contributed by atoms with van der Waals surface area (Å²) < 4.78 is 19.1. The van der Waals surface area contributed by atoms with Crippen molar-refractivity contribution in [2.75, 3.05) is 13.9 Å². The molecule has 1 aliphatic heterocycles. The molecule has 0 radical (unpaired) electrons. The maximum Gasteiger partial charge on any atom is 0.338 e. The molecule has 4 unspecified atom stereocenters. The number of aliphatic hydroxyl groups excluding tert-OH is 1. The largest absolute Gasteiger partial charge is 0.467 e. The van der Waals surface area contributed by atoms with Gasteiger partial charge in [-0.1, -0.05) is 0 Å². The van der Waals surface area contributed by atoms with Crippen molar-refractivity contribution in [1.29, 1.82) is 0 Å². The van der Waals surface area contributed by atoms with E-state index in [9.17, 15) is 19.8 Å². The third-order valence-corrected chi connectivity index (χ3v) is 2.52. The molecule has 8 heteroatoms. The summed E-state index contributed by atoms with van der Waals surface area (Å²) in [6.45, 7) is 1.95. The summed E-state index contributed by atoms with van der Waals surface area (Å²) in [7, 11) is 1.13. The van der Waals surface area contributed by atoms with Crippen LogP contribution in [0.5, 0.6) is 0 Å². The molecule has 4 atom stereocenters. The third kappa shape index (κ3) is 2.78. The van der Waals surface area contributed by atoms with Gasteiger partial charge in [0, 0.05) is 6.92 Å². The Morgan fingerprint density at radius 2 is 2.06 bits per heavy atom. The molecular weight excluding hydrogens is 248 g/mol. The number of ether oxygens (including phenoxy) is 4. The zero-order valence-corrected chi connectivity index (χ0v) is 10.3. The summed E-state index contributed by atoms with van der Waals surface area (Å²) in [5, 5.41) is 19.7. The molecule has 1 aliphatic rings. The van der Waals surface area contributed by atoms with Crippen molar-refractivity contribution < 1.29 is 38.7 Å². The van der Waals surface area contributed by atoms with Crippen molar-refractivity contribution in [2.24, 2.45) is 0 Å². The van der Waals surface area contributed by atoms with Crippen LogP contribution in [0.2, 0.25) is 0 Å². The molecule has 0 aromatic carbocycles. The fourth-order valence-electron chi connectivity index (χ4n) is 1.62. The zero-order valence-electron chi connectivity index (χ0n) is 10.3. The Hall–Kier alpha value is -1.22.